The number of rotatable bonds is 5. The maximum atomic E-state index is 9.29. The van der Waals surface area contributed by atoms with Gasteiger partial charge in [-0.05, 0) is 38.0 Å². The molecule has 0 bridgehead atoms. The minimum absolute atomic E-state index is 0.369. The second kappa shape index (κ2) is 6.02. The molecule has 0 saturated heterocycles. The van der Waals surface area contributed by atoms with Gasteiger partial charge in [0.25, 0.3) is 0 Å². The molecule has 3 atom stereocenters. The predicted molar refractivity (Wildman–Crippen MR) is 67.4 cm³/mol. The van der Waals surface area contributed by atoms with Crippen LogP contribution in [0, 0.1) is 11.8 Å². The lowest BCUT2D eigenvalue weighted by Gasteiger charge is -2.25. The predicted octanol–water partition coefficient (Wildman–Crippen LogP) is 2.71. The van der Waals surface area contributed by atoms with Gasteiger partial charge in [0.1, 0.15) is 0 Å². The second-order valence-electron chi connectivity index (χ2n) is 5.93. The van der Waals surface area contributed by atoms with Crippen LogP contribution < -0.4 is 5.32 Å². The third kappa shape index (κ3) is 3.21. The van der Waals surface area contributed by atoms with Crippen molar-refractivity contribution in [1.29, 1.82) is 0 Å². The third-order valence-corrected chi connectivity index (χ3v) is 4.55. The number of aliphatic hydroxyl groups excluding tert-OH is 1. The molecule has 2 N–H and O–H groups in total. The molecule has 0 aliphatic heterocycles. The van der Waals surface area contributed by atoms with E-state index in [1.165, 1.54) is 51.4 Å². The molecule has 2 rings (SSSR count). The van der Waals surface area contributed by atoms with Crippen LogP contribution >= 0.6 is 0 Å². The smallest absolute Gasteiger partial charge is 0.0474 e. The first-order valence-corrected chi connectivity index (χ1v) is 7.16. The fraction of sp³-hybridized carbons (Fsp3) is 1.00. The summed E-state index contributed by atoms with van der Waals surface area (Å²) in [7, 11) is 0. The molecule has 2 heteroatoms. The van der Waals surface area contributed by atoms with E-state index >= 15 is 0 Å². The molecule has 0 radical (unpaired) electrons. The van der Waals surface area contributed by atoms with Crippen LogP contribution in [0.25, 0.3) is 0 Å². The Morgan fingerprint density at radius 2 is 1.88 bits per heavy atom. The Morgan fingerprint density at radius 1 is 1.12 bits per heavy atom. The SMILES string of the molecule is CC(CC1CCCC1)NC1CCCC1CO. The Balaban J connectivity index is 1.71. The van der Waals surface area contributed by atoms with Crippen molar-refractivity contribution in [2.24, 2.45) is 11.8 Å². The van der Waals surface area contributed by atoms with Crippen LogP contribution in [0.3, 0.4) is 0 Å². The van der Waals surface area contributed by atoms with Crippen molar-refractivity contribution in [2.45, 2.75) is 70.4 Å². The monoisotopic (exact) mass is 225 g/mol. The van der Waals surface area contributed by atoms with Crippen LogP contribution in [0.1, 0.15) is 58.3 Å². The van der Waals surface area contributed by atoms with Crippen molar-refractivity contribution in [3.05, 3.63) is 0 Å². The van der Waals surface area contributed by atoms with Gasteiger partial charge in [0.15, 0.2) is 0 Å². The van der Waals surface area contributed by atoms with E-state index in [4.69, 9.17) is 0 Å². The van der Waals surface area contributed by atoms with Crippen molar-refractivity contribution in [3.8, 4) is 0 Å². The zero-order valence-corrected chi connectivity index (χ0v) is 10.6. The molecule has 2 fully saturated rings. The van der Waals surface area contributed by atoms with Gasteiger partial charge in [-0.2, -0.15) is 0 Å². The molecule has 94 valence electrons. The summed E-state index contributed by atoms with van der Waals surface area (Å²) in [6.07, 6.45) is 10.9. The molecule has 16 heavy (non-hydrogen) atoms. The topological polar surface area (TPSA) is 32.3 Å². The van der Waals surface area contributed by atoms with Gasteiger partial charge in [0.2, 0.25) is 0 Å². The van der Waals surface area contributed by atoms with E-state index in [2.05, 4.69) is 12.2 Å². The van der Waals surface area contributed by atoms with Gasteiger partial charge >= 0.3 is 0 Å². The van der Waals surface area contributed by atoms with Gasteiger partial charge in [0, 0.05) is 18.7 Å². The first-order chi connectivity index (χ1) is 7.79. The summed E-state index contributed by atoms with van der Waals surface area (Å²) in [5, 5.41) is 13.0. The van der Waals surface area contributed by atoms with E-state index in [9.17, 15) is 5.11 Å². The van der Waals surface area contributed by atoms with Crippen molar-refractivity contribution in [2.75, 3.05) is 6.61 Å². The van der Waals surface area contributed by atoms with E-state index in [1.807, 2.05) is 0 Å². The minimum Gasteiger partial charge on any atom is -0.396 e. The van der Waals surface area contributed by atoms with E-state index < -0.39 is 0 Å². The van der Waals surface area contributed by atoms with Gasteiger partial charge in [-0.1, -0.05) is 32.1 Å². The van der Waals surface area contributed by atoms with Crippen molar-refractivity contribution >= 4 is 0 Å². The summed E-state index contributed by atoms with van der Waals surface area (Å²) in [5.74, 6) is 1.49. The Bertz CT molecular complexity index is 201. The Kier molecular flexibility index (Phi) is 4.66. The first-order valence-electron chi connectivity index (χ1n) is 7.16. The summed E-state index contributed by atoms with van der Waals surface area (Å²) in [5.41, 5.74) is 0. The molecule has 2 saturated carbocycles. The van der Waals surface area contributed by atoms with Gasteiger partial charge < -0.3 is 10.4 Å². The fourth-order valence-corrected chi connectivity index (χ4v) is 3.65. The molecule has 0 heterocycles. The van der Waals surface area contributed by atoms with E-state index in [-0.39, 0.29) is 0 Å². The van der Waals surface area contributed by atoms with Crippen molar-refractivity contribution in [1.82, 2.24) is 5.32 Å². The Hall–Kier alpha value is -0.0800. The van der Waals surface area contributed by atoms with Gasteiger partial charge in [-0.25, -0.2) is 0 Å². The summed E-state index contributed by atoms with van der Waals surface area (Å²) in [4.78, 5) is 0. The van der Waals surface area contributed by atoms with E-state index in [0.717, 1.165) is 5.92 Å². The molecular weight excluding hydrogens is 198 g/mol. The van der Waals surface area contributed by atoms with E-state index in [0.29, 0.717) is 24.6 Å². The molecule has 0 spiro atoms. The van der Waals surface area contributed by atoms with Crippen LogP contribution in [0.2, 0.25) is 0 Å². The zero-order valence-electron chi connectivity index (χ0n) is 10.6. The maximum Gasteiger partial charge on any atom is 0.0474 e. The molecule has 2 nitrogen and oxygen atoms in total. The minimum atomic E-state index is 0.369. The highest BCUT2D eigenvalue weighted by molar-refractivity contribution is 4.85. The number of aliphatic hydroxyl groups is 1. The summed E-state index contributed by atoms with van der Waals surface area (Å²) < 4.78 is 0. The Labute approximate surface area is 99.8 Å². The summed E-state index contributed by atoms with van der Waals surface area (Å²) in [6, 6.07) is 1.22. The van der Waals surface area contributed by atoms with Crippen LogP contribution in [0.5, 0.6) is 0 Å². The lowest BCUT2D eigenvalue weighted by molar-refractivity contribution is 0.197. The van der Waals surface area contributed by atoms with Gasteiger partial charge in [0.05, 0.1) is 0 Å². The van der Waals surface area contributed by atoms with Crippen LogP contribution in [-0.2, 0) is 0 Å². The number of hydrogen-bond donors (Lipinski definition) is 2. The van der Waals surface area contributed by atoms with Crippen LogP contribution in [0.4, 0.5) is 0 Å². The van der Waals surface area contributed by atoms with Gasteiger partial charge in [-0.15, -0.1) is 0 Å². The largest absolute Gasteiger partial charge is 0.396 e. The third-order valence-electron chi connectivity index (χ3n) is 4.55. The lowest BCUT2D eigenvalue weighted by atomic mass is 9.97. The number of hydrogen-bond acceptors (Lipinski definition) is 2. The quantitative estimate of drug-likeness (QED) is 0.754. The Morgan fingerprint density at radius 3 is 2.56 bits per heavy atom. The lowest BCUT2D eigenvalue weighted by Crippen LogP contribution is -2.40. The highest BCUT2D eigenvalue weighted by Gasteiger charge is 2.28. The fourth-order valence-electron chi connectivity index (χ4n) is 3.65. The first kappa shape index (κ1) is 12.4. The molecule has 0 aromatic heterocycles. The highest BCUT2D eigenvalue weighted by atomic mass is 16.3. The molecule has 2 aliphatic carbocycles. The summed E-state index contributed by atoms with van der Waals surface area (Å²) >= 11 is 0. The van der Waals surface area contributed by atoms with Crippen molar-refractivity contribution in [3.63, 3.8) is 0 Å². The molecule has 0 amide bonds. The molecule has 2 aliphatic rings. The second-order valence-corrected chi connectivity index (χ2v) is 5.93. The molecule has 0 aromatic rings. The molecular formula is C14H27NO. The zero-order chi connectivity index (χ0) is 11.4. The maximum absolute atomic E-state index is 9.29. The van der Waals surface area contributed by atoms with Crippen LogP contribution in [0.15, 0.2) is 0 Å². The normalized spacial score (nSPS) is 33.4. The average molecular weight is 225 g/mol. The standard InChI is InChI=1S/C14H27NO/c1-11(9-12-5-2-3-6-12)15-14-8-4-7-13(14)10-16/h11-16H,2-10H2,1H3. The van der Waals surface area contributed by atoms with E-state index in [1.54, 1.807) is 0 Å². The molecule has 3 unspecified atom stereocenters. The molecule has 0 aromatic carbocycles. The highest BCUT2D eigenvalue weighted by Crippen LogP contribution is 2.30. The van der Waals surface area contributed by atoms with Crippen molar-refractivity contribution < 1.29 is 5.11 Å². The number of nitrogens with one attached hydrogen (secondary N) is 1. The van der Waals surface area contributed by atoms with Gasteiger partial charge in [-0.3, -0.25) is 0 Å². The summed E-state index contributed by atoms with van der Waals surface area (Å²) in [6.45, 7) is 2.69. The van der Waals surface area contributed by atoms with Crippen LogP contribution in [-0.4, -0.2) is 23.8 Å². The average Bonchev–Trinajstić information content (AvgIpc) is 2.88.